The van der Waals surface area contributed by atoms with Crippen molar-refractivity contribution in [1.29, 1.82) is 0 Å². The molecule has 36 heavy (non-hydrogen) atoms. The third-order valence-electron chi connectivity index (χ3n) is 6.43. The number of likely N-dealkylation sites (N-methyl/N-ethyl adjacent to an activating group) is 2. The van der Waals surface area contributed by atoms with Gasteiger partial charge in [-0.2, -0.15) is 0 Å². The molecular formula is C27H33N5O3S. The van der Waals surface area contributed by atoms with Crippen molar-refractivity contribution >= 4 is 28.8 Å². The fraction of sp³-hybridized carbons (Fsp3) is 0.407. The molecule has 4 rings (SSSR count). The van der Waals surface area contributed by atoms with Gasteiger partial charge in [-0.05, 0) is 51.1 Å². The second-order valence-corrected chi connectivity index (χ2v) is 10.4. The van der Waals surface area contributed by atoms with Gasteiger partial charge in [0.25, 0.3) is 5.91 Å². The molecule has 0 atom stereocenters. The maximum Gasteiger partial charge on any atom is 0.257 e. The molecule has 8 nitrogen and oxygen atoms in total. The standard InChI is InChI=1S/C27H33N5O3S/c1-31(2)10-11-32(3)27(34)21-9-8-19(13-24(21)35-4)22-15-28-16-23(30-22)25-14-20(17-36-25)29-26(33)12-18-6-5-7-18/h8-9,13-18H,5-7,10-12H2,1-4H3,(H,29,33). The number of ether oxygens (including phenoxy) is 1. The Hall–Kier alpha value is -3.30. The number of carbonyl (C=O) groups is 2. The quantitative estimate of drug-likeness (QED) is 0.430. The predicted octanol–water partition coefficient (Wildman–Crippen LogP) is 4.64. The van der Waals surface area contributed by atoms with Crippen LogP contribution in [0.15, 0.2) is 42.0 Å². The van der Waals surface area contributed by atoms with Crippen LogP contribution in [0.5, 0.6) is 5.75 Å². The molecule has 2 amide bonds. The molecule has 9 heteroatoms. The third kappa shape index (κ3) is 6.27. The summed E-state index contributed by atoms with van der Waals surface area (Å²) in [5, 5.41) is 4.93. The number of methoxy groups -OCH3 is 1. The fourth-order valence-corrected chi connectivity index (χ4v) is 4.81. The summed E-state index contributed by atoms with van der Waals surface area (Å²) >= 11 is 1.52. The van der Waals surface area contributed by atoms with Crippen LogP contribution in [0.2, 0.25) is 0 Å². The van der Waals surface area contributed by atoms with Crippen molar-refractivity contribution in [1.82, 2.24) is 19.8 Å². The normalized spacial score (nSPS) is 13.4. The van der Waals surface area contributed by atoms with Gasteiger partial charge in [0.1, 0.15) is 5.75 Å². The fourth-order valence-electron chi connectivity index (χ4n) is 4.02. The minimum atomic E-state index is -0.0921. The summed E-state index contributed by atoms with van der Waals surface area (Å²) in [6.45, 7) is 1.40. The summed E-state index contributed by atoms with van der Waals surface area (Å²) in [6, 6.07) is 7.39. The van der Waals surface area contributed by atoms with Gasteiger partial charge in [0.05, 0.1) is 47.0 Å². The van der Waals surface area contributed by atoms with E-state index in [1.807, 2.05) is 42.6 Å². The first kappa shape index (κ1) is 25.8. The van der Waals surface area contributed by atoms with E-state index in [1.54, 1.807) is 37.5 Å². The molecular weight excluding hydrogens is 474 g/mol. The number of nitrogens with one attached hydrogen (secondary N) is 1. The van der Waals surface area contributed by atoms with Gasteiger partial charge in [-0.1, -0.05) is 12.5 Å². The van der Waals surface area contributed by atoms with E-state index in [9.17, 15) is 9.59 Å². The summed E-state index contributed by atoms with van der Waals surface area (Å²) < 4.78 is 5.55. The number of aromatic nitrogens is 2. The van der Waals surface area contributed by atoms with Crippen molar-refractivity contribution in [2.45, 2.75) is 25.7 Å². The number of hydrogen-bond acceptors (Lipinski definition) is 7. The van der Waals surface area contributed by atoms with E-state index in [4.69, 9.17) is 9.72 Å². The lowest BCUT2D eigenvalue weighted by atomic mass is 9.83. The molecule has 0 aliphatic heterocycles. The molecule has 1 saturated carbocycles. The molecule has 0 bridgehead atoms. The third-order valence-corrected chi connectivity index (χ3v) is 7.38. The second-order valence-electron chi connectivity index (χ2n) is 9.48. The number of nitrogens with zero attached hydrogens (tertiary/aromatic N) is 4. The van der Waals surface area contributed by atoms with E-state index in [0.29, 0.717) is 35.9 Å². The van der Waals surface area contributed by atoms with Crippen molar-refractivity contribution < 1.29 is 14.3 Å². The Morgan fingerprint density at radius 2 is 1.89 bits per heavy atom. The van der Waals surface area contributed by atoms with Crippen LogP contribution in [-0.2, 0) is 4.79 Å². The van der Waals surface area contributed by atoms with Crippen molar-refractivity contribution in [3.8, 4) is 27.6 Å². The molecule has 3 aromatic rings. The molecule has 190 valence electrons. The van der Waals surface area contributed by atoms with Gasteiger partial charge < -0.3 is 19.9 Å². The molecule has 0 radical (unpaired) electrons. The predicted molar refractivity (Wildman–Crippen MR) is 143 cm³/mol. The van der Waals surface area contributed by atoms with Crippen LogP contribution in [0.4, 0.5) is 5.69 Å². The Morgan fingerprint density at radius 3 is 2.58 bits per heavy atom. The van der Waals surface area contributed by atoms with E-state index in [1.165, 1.54) is 17.8 Å². The van der Waals surface area contributed by atoms with Crippen LogP contribution in [-0.4, -0.2) is 72.9 Å². The molecule has 1 fully saturated rings. The highest BCUT2D eigenvalue weighted by Crippen LogP contribution is 2.33. The maximum absolute atomic E-state index is 13.0. The van der Waals surface area contributed by atoms with Gasteiger partial charge >= 0.3 is 0 Å². The second kappa shape index (κ2) is 11.6. The van der Waals surface area contributed by atoms with Crippen molar-refractivity contribution in [2.75, 3.05) is 46.7 Å². The molecule has 1 aromatic carbocycles. The highest BCUT2D eigenvalue weighted by atomic mass is 32.1. The van der Waals surface area contributed by atoms with Gasteiger partial charge in [0.15, 0.2) is 0 Å². The lowest BCUT2D eigenvalue weighted by Crippen LogP contribution is -2.33. The van der Waals surface area contributed by atoms with Gasteiger partial charge in [-0.15, -0.1) is 11.3 Å². The maximum atomic E-state index is 13.0. The van der Waals surface area contributed by atoms with Crippen LogP contribution in [0.3, 0.4) is 0 Å². The van der Waals surface area contributed by atoms with Gasteiger partial charge in [-0.25, -0.2) is 4.98 Å². The molecule has 1 aliphatic rings. The highest BCUT2D eigenvalue weighted by Gasteiger charge is 2.21. The lowest BCUT2D eigenvalue weighted by Gasteiger charge is -2.24. The van der Waals surface area contributed by atoms with Crippen LogP contribution in [0.25, 0.3) is 21.8 Å². The Morgan fingerprint density at radius 1 is 1.11 bits per heavy atom. The van der Waals surface area contributed by atoms with Crippen molar-refractivity contribution in [3.63, 3.8) is 0 Å². The molecule has 1 N–H and O–H groups in total. The summed E-state index contributed by atoms with van der Waals surface area (Å²) in [7, 11) is 7.31. The van der Waals surface area contributed by atoms with Gasteiger partial charge in [-0.3, -0.25) is 14.6 Å². The van der Waals surface area contributed by atoms with Crippen molar-refractivity contribution in [3.05, 3.63) is 47.6 Å². The summed E-state index contributed by atoms with van der Waals surface area (Å²) in [6.07, 6.45) is 7.53. The first-order chi connectivity index (χ1) is 17.3. The Bertz CT molecular complexity index is 1220. The summed E-state index contributed by atoms with van der Waals surface area (Å²) in [5.74, 6) is 1.00. The van der Waals surface area contributed by atoms with E-state index in [2.05, 4.69) is 10.3 Å². The lowest BCUT2D eigenvalue weighted by molar-refractivity contribution is -0.117. The molecule has 1 aliphatic carbocycles. The number of rotatable bonds is 10. The van der Waals surface area contributed by atoms with E-state index in [-0.39, 0.29) is 11.8 Å². The van der Waals surface area contributed by atoms with E-state index in [0.717, 1.165) is 41.2 Å². The number of amides is 2. The van der Waals surface area contributed by atoms with Crippen LogP contribution in [0, 0.1) is 5.92 Å². The van der Waals surface area contributed by atoms with Crippen LogP contribution >= 0.6 is 11.3 Å². The van der Waals surface area contributed by atoms with E-state index >= 15 is 0 Å². The van der Waals surface area contributed by atoms with Crippen LogP contribution < -0.4 is 10.1 Å². The topological polar surface area (TPSA) is 87.7 Å². The van der Waals surface area contributed by atoms with Crippen molar-refractivity contribution in [2.24, 2.45) is 5.92 Å². The molecule has 0 spiro atoms. The minimum absolute atomic E-state index is 0.0676. The Labute approximate surface area is 216 Å². The average Bonchev–Trinajstić information content (AvgIpc) is 3.32. The zero-order valence-electron chi connectivity index (χ0n) is 21.3. The monoisotopic (exact) mass is 507 g/mol. The zero-order valence-corrected chi connectivity index (χ0v) is 22.1. The summed E-state index contributed by atoms with van der Waals surface area (Å²) in [4.78, 5) is 39.0. The SMILES string of the molecule is COc1cc(-c2cncc(-c3cc(NC(=O)CC4CCC4)cs3)n2)ccc1C(=O)N(C)CCN(C)C. The largest absolute Gasteiger partial charge is 0.496 e. The van der Waals surface area contributed by atoms with E-state index < -0.39 is 0 Å². The first-order valence-corrected chi connectivity index (χ1v) is 13.0. The number of hydrogen-bond donors (Lipinski definition) is 1. The smallest absolute Gasteiger partial charge is 0.257 e. The highest BCUT2D eigenvalue weighted by molar-refractivity contribution is 7.14. The van der Waals surface area contributed by atoms with Gasteiger partial charge in [0, 0.05) is 37.5 Å². The molecule has 0 saturated heterocycles. The molecule has 2 heterocycles. The number of anilines is 1. The number of benzene rings is 1. The Balaban J connectivity index is 1.49. The average molecular weight is 508 g/mol. The van der Waals surface area contributed by atoms with Crippen LogP contribution in [0.1, 0.15) is 36.0 Å². The molecule has 2 aromatic heterocycles. The van der Waals surface area contributed by atoms with Gasteiger partial charge in [0.2, 0.25) is 5.91 Å². The minimum Gasteiger partial charge on any atom is -0.496 e. The first-order valence-electron chi connectivity index (χ1n) is 12.1. The summed E-state index contributed by atoms with van der Waals surface area (Å²) in [5.41, 5.74) is 3.50. The number of carbonyl (C=O) groups excluding carboxylic acids is 2. The zero-order chi connectivity index (χ0) is 25.7. The molecule has 0 unspecified atom stereocenters. The Kier molecular flexibility index (Phi) is 8.32. The number of thiophene rings is 1.